The van der Waals surface area contributed by atoms with Gasteiger partial charge in [0.15, 0.2) is 0 Å². The summed E-state index contributed by atoms with van der Waals surface area (Å²) in [7, 11) is -3.48. The second kappa shape index (κ2) is 5.41. The first-order valence-corrected chi connectivity index (χ1v) is 8.71. The predicted molar refractivity (Wildman–Crippen MR) is 79.1 cm³/mol. The van der Waals surface area contributed by atoms with Crippen LogP contribution in [0.25, 0.3) is 0 Å². The van der Waals surface area contributed by atoms with E-state index in [0.29, 0.717) is 18.7 Å². The molecule has 2 saturated heterocycles. The number of rotatable bonds is 2. The first-order chi connectivity index (χ1) is 10.1. The zero-order chi connectivity index (χ0) is 14.9. The maximum Gasteiger partial charge on any atom is 0.243 e. The van der Waals surface area contributed by atoms with Crippen molar-refractivity contribution in [2.75, 3.05) is 26.2 Å². The van der Waals surface area contributed by atoms with Crippen molar-refractivity contribution in [1.29, 1.82) is 5.26 Å². The van der Waals surface area contributed by atoms with Crippen molar-refractivity contribution in [3.8, 4) is 6.07 Å². The minimum Gasteiger partial charge on any atom is -0.317 e. The Morgan fingerprint density at radius 3 is 2.71 bits per heavy atom. The molecule has 3 rings (SSSR count). The molecule has 21 heavy (non-hydrogen) atoms. The van der Waals surface area contributed by atoms with Crippen molar-refractivity contribution in [2.45, 2.75) is 24.2 Å². The molecule has 1 aromatic rings. The van der Waals surface area contributed by atoms with Gasteiger partial charge in [-0.2, -0.15) is 9.57 Å². The molecule has 2 heterocycles. The summed E-state index contributed by atoms with van der Waals surface area (Å²) in [4.78, 5) is 0.229. The van der Waals surface area contributed by atoms with Crippen LogP contribution in [0.1, 0.15) is 24.8 Å². The summed E-state index contributed by atoms with van der Waals surface area (Å²) in [5.41, 5.74) is 0.525. The number of hydrogen-bond acceptors (Lipinski definition) is 4. The van der Waals surface area contributed by atoms with E-state index in [1.807, 2.05) is 6.07 Å². The van der Waals surface area contributed by atoms with Crippen LogP contribution in [-0.4, -0.2) is 38.9 Å². The number of piperidine rings is 1. The summed E-state index contributed by atoms with van der Waals surface area (Å²) in [6.45, 7) is 3.13. The first-order valence-electron chi connectivity index (χ1n) is 7.27. The normalized spacial score (nSPS) is 22.2. The molecule has 2 aliphatic heterocycles. The van der Waals surface area contributed by atoms with Crippen LogP contribution in [0.3, 0.4) is 0 Å². The average Bonchev–Trinajstić information content (AvgIpc) is 2.92. The zero-order valence-electron chi connectivity index (χ0n) is 11.9. The summed E-state index contributed by atoms with van der Waals surface area (Å²) < 4.78 is 27.1. The number of nitriles is 1. The molecule has 0 bridgehead atoms. The summed E-state index contributed by atoms with van der Waals surface area (Å²) in [6, 6.07) is 8.28. The maximum atomic E-state index is 12.7. The van der Waals surface area contributed by atoms with Crippen LogP contribution < -0.4 is 5.32 Å². The Morgan fingerprint density at radius 1 is 1.24 bits per heavy atom. The highest BCUT2D eigenvalue weighted by molar-refractivity contribution is 7.89. The quantitative estimate of drug-likeness (QED) is 0.894. The summed E-state index contributed by atoms with van der Waals surface area (Å²) >= 11 is 0. The lowest BCUT2D eigenvalue weighted by Crippen LogP contribution is -2.39. The minimum atomic E-state index is -3.48. The largest absolute Gasteiger partial charge is 0.317 e. The molecule has 0 aliphatic carbocycles. The van der Waals surface area contributed by atoms with Gasteiger partial charge in [-0.25, -0.2) is 8.42 Å². The van der Waals surface area contributed by atoms with E-state index >= 15 is 0 Å². The molecule has 1 aromatic carbocycles. The molecule has 1 spiro atoms. The van der Waals surface area contributed by atoms with Gasteiger partial charge >= 0.3 is 0 Å². The minimum absolute atomic E-state index is 0.144. The Balaban J connectivity index is 1.84. The Kier molecular flexibility index (Phi) is 3.74. The molecule has 5 nitrogen and oxygen atoms in total. The van der Waals surface area contributed by atoms with Crippen LogP contribution in [0.5, 0.6) is 0 Å². The number of sulfonamides is 1. The van der Waals surface area contributed by atoms with Gasteiger partial charge in [-0.3, -0.25) is 0 Å². The van der Waals surface area contributed by atoms with Crippen molar-refractivity contribution in [3.05, 3.63) is 29.8 Å². The number of nitrogens with one attached hydrogen (secondary N) is 1. The smallest absolute Gasteiger partial charge is 0.243 e. The van der Waals surface area contributed by atoms with Crippen LogP contribution in [0.2, 0.25) is 0 Å². The Labute approximate surface area is 125 Å². The van der Waals surface area contributed by atoms with E-state index < -0.39 is 10.0 Å². The van der Waals surface area contributed by atoms with Gasteiger partial charge in [0.25, 0.3) is 0 Å². The molecule has 0 amide bonds. The standard InChI is InChI=1S/C15H19N3O2S/c16-11-13-2-1-3-14(10-13)21(19,20)18-9-6-15(12-18)4-7-17-8-5-15/h1-3,10,17H,4-9,12H2. The molecule has 6 heteroatoms. The topological polar surface area (TPSA) is 73.2 Å². The van der Waals surface area contributed by atoms with Gasteiger partial charge in [0.1, 0.15) is 0 Å². The van der Waals surface area contributed by atoms with E-state index in [2.05, 4.69) is 5.32 Å². The Hall–Kier alpha value is -1.42. The van der Waals surface area contributed by atoms with Gasteiger partial charge < -0.3 is 5.32 Å². The molecule has 2 aliphatic rings. The zero-order valence-corrected chi connectivity index (χ0v) is 12.7. The Bertz CT molecular complexity index is 672. The summed E-state index contributed by atoms with van der Waals surface area (Å²) in [6.07, 6.45) is 3.01. The lowest BCUT2D eigenvalue weighted by atomic mass is 9.78. The molecular weight excluding hydrogens is 286 g/mol. The van der Waals surface area contributed by atoms with Gasteiger partial charge in [0.2, 0.25) is 10.0 Å². The van der Waals surface area contributed by atoms with E-state index in [-0.39, 0.29) is 10.3 Å². The van der Waals surface area contributed by atoms with Crippen LogP contribution in [0.15, 0.2) is 29.2 Å². The van der Waals surface area contributed by atoms with Gasteiger partial charge in [-0.15, -0.1) is 0 Å². The molecule has 0 unspecified atom stereocenters. The Morgan fingerprint density at radius 2 is 2.00 bits per heavy atom. The second-order valence-electron chi connectivity index (χ2n) is 5.98. The SMILES string of the molecule is N#Cc1cccc(S(=O)(=O)N2CCC3(CCNCC3)C2)c1. The van der Waals surface area contributed by atoms with Crippen LogP contribution in [0, 0.1) is 16.7 Å². The number of nitrogens with zero attached hydrogens (tertiary/aromatic N) is 2. The number of benzene rings is 1. The molecule has 0 atom stereocenters. The third-order valence-electron chi connectivity index (χ3n) is 4.67. The highest BCUT2D eigenvalue weighted by atomic mass is 32.2. The lowest BCUT2D eigenvalue weighted by Gasteiger charge is -2.33. The van der Waals surface area contributed by atoms with Gasteiger partial charge in [0, 0.05) is 13.1 Å². The van der Waals surface area contributed by atoms with Gasteiger partial charge in [0.05, 0.1) is 16.5 Å². The highest BCUT2D eigenvalue weighted by Crippen LogP contribution is 2.40. The van der Waals surface area contributed by atoms with E-state index in [9.17, 15) is 8.42 Å². The fourth-order valence-electron chi connectivity index (χ4n) is 3.34. The van der Waals surface area contributed by atoms with E-state index in [4.69, 9.17) is 5.26 Å². The predicted octanol–water partition coefficient (Wildman–Crippen LogP) is 1.32. The summed E-state index contributed by atoms with van der Waals surface area (Å²) in [5.74, 6) is 0. The second-order valence-corrected chi connectivity index (χ2v) is 7.92. The summed E-state index contributed by atoms with van der Waals surface area (Å²) in [5, 5.41) is 12.3. The lowest BCUT2D eigenvalue weighted by molar-refractivity contribution is 0.218. The van der Waals surface area contributed by atoms with Crippen molar-refractivity contribution in [2.24, 2.45) is 5.41 Å². The fraction of sp³-hybridized carbons (Fsp3) is 0.533. The van der Waals surface area contributed by atoms with Crippen molar-refractivity contribution < 1.29 is 8.42 Å². The average molecular weight is 305 g/mol. The van der Waals surface area contributed by atoms with Crippen molar-refractivity contribution >= 4 is 10.0 Å². The van der Waals surface area contributed by atoms with E-state index in [1.54, 1.807) is 22.5 Å². The number of hydrogen-bond donors (Lipinski definition) is 1. The van der Waals surface area contributed by atoms with Crippen molar-refractivity contribution in [3.63, 3.8) is 0 Å². The third-order valence-corrected chi connectivity index (χ3v) is 6.51. The van der Waals surface area contributed by atoms with Gasteiger partial charge in [-0.05, 0) is 56.0 Å². The highest BCUT2D eigenvalue weighted by Gasteiger charge is 2.43. The molecule has 1 N–H and O–H groups in total. The molecule has 112 valence electrons. The van der Waals surface area contributed by atoms with Crippen LogP contribution in [0.4, 0.5) is 0 Å². The van der Waals surface area contributed by atoms with Crippen LogP contribution >= 0.6 is 0 Å². The first kappa shape index (κ1) is 14.5. The molecule has 0 aromatic heterocycles. The molecule has 0 saturated carbocycles. The molecular formula is C15H19N3O2S. The van der Waals surface area contributed by atoms with Gasteiger partial charge in [-0.1, -0.05) is 6.07 Å². The molecule has 0 radical (unpaired) electrons. The third kappa shape index (κ3) is 2.69. The fourth-order valence-corrected chi connectivity index (χ4v) is 4.94. The van der Waals surface area contributed by atoms with Crippen LogP contribution in [-0.2, 0) is 10.0 Å². The van der Waals surface area contributed by atoms with E-state index in [0.717, 1.165) is 32.4 Å². The van der Waals surface area contributed by atoms with E-state index in [1.165, 1.54) is 6.07 Å². The van der Waals surface area contributed by atoms with Crippen molar-refractivity contribution in [1.82, 2.24) is 9.62 Å². The monoisotopic (exact) mass is 305 g/mol. The maximum absolute atomic E-state index is 12.7. The molecule has 2 fully saturated rings.